The van der Waals surface area contributed by atoms with E-state index in [2.05, 4.69) is 11.2 Å². The number of nitrogens with one attached hydrogen (secondary N) is 1. The molecule has 2 atom stereocenters. The lowest BCUT2D eigenvalue weighted by Crippen LogP contribution is -2.62. The van der Waals surface area contributed by atoms with Gasteiger partial charge in [0.2, 0.25) is 0 Å². The van der Waals surface area contributed by atoms with E-state index in [1.165, 1.54) is 0 Å². The second-order valence-corrected chi connectivity index (χ2v) is 4.22. The molecule has 1 N–H and O–H groups in total. The summed E-state index contributed by atoms with van der Waals surface area (Å²) in [6.45, 7) is 2.52. The molecule has 0 amide bonds. The summed E-state index contributed by atoms with van der Waals surface area (Å²) in [4.78, 5) is 12.2. The Balaban J connectivity index is 2.89. The molecule has 0 bridgehead atoms. The van der Waals surface area contributed by atoms with Crippen LogP contribution in [-0.2, 0) is 14.3 Å². The minimum Gasteiger partial charge on any atom is -0.465 e. The second kappa shape index (κ2) is 6.63. The van der Waals surface area contributed by atoms with E-state index in [9.17, 15) is 4.79 Å². The Morgan fingerprint density at radius 1 is 1.59 bits per heavy atom. The number of rotatable bonds is 5. The van der Waals surface area contributed by atoms with Gasteiger partial charge in [-0.15, -0.1) is 6.42 Å². The van der Waals surface area contributed by atoms with Gasteiger partial charge >= 0.3 is 5.97 Å². The van der Waals surface area contributed by atoms with Crippen LogP contribution in [0.2, 0.25) is 0 Å². The summed E-state index contributed by atoms with van der Waals surface area (Å²) in [6, 6.07) is 0. The van der Waals surface area contributed by atoms with Crippen molar-refractivity contribution >= 4 is 5.97 Å². The number of carbonyl (C=O) groups excluding carboxylic acids is 1. The third-order valence-electron chi connectivity index (χ3n) is 3.27. The Morgan fingerprint density at radius 2 is 2.35 bits per heavy atom. The quantitative estimate of drug-likeness (QED) is 0.576. The molecule has 0 saturated heterocycles. The molecule has 1 aliphatic rings. The maximum Gasteiger partial charge on any atom is 0.329 e. The highest BCUT2D eigenvalue weighted by Gasteiger charge is 2.48. The topological polar surface area (TPSA) is 47.6 Å². The van der Waals surface area contributed by atoms with Crippen LogP contribution in [0.15, 0.2) is 0 Å². The number of terminal acetylenes is 1. The van der Waals surface area contributed by atoms with Crippen molar-refractivity contribution < 1.29 is 14.3 Å². The van der Waals surface area contributed by atoms with E-state index in [-0.39, 0.29) is 12.1 Å². The van der Waals surface area contributed by atoms with E-state index in [1.54, 1.807) is 14.0 Å². The summed E-state index contributed by atoms with van der Waals surface area (Å²) < 4.78 is 10.6. The van der Waals surface area contributed by atoms with Crippen molar-refractivity contribution in [1.82, 2.24) is 5.32 Å². The molecule has 4 nitrogen and oxygen atoms in total. The van der Waals surface area contributed by atoms with Crippen LogP contribution in [0, 0.1) is 12.3 Å². The summed E-state index contributed by atoms with van der Waals surface area (Å²) >= 11 is 0. The van der Waals surface area contributed by atoms with E-state index < -0.39 is 5.54 Å². The number of hydrogen-bond donors (Lipinski definition) is 1. The van der Waals surface area contributed by atoms with E-state index >= 15 is 0 Å². The number of carbonyl (C=O) groups is 1. The van der Waals surface area contributed by atoms with Crippen LogP contribution in [-0.4, -0.2) is 37.9 Å². The van der Waals surface area contributed by atoms with E-state index in [0.29, 0.717) is 19.6 Å². The minimum atomic E-state index is -0.768. The molecule has 4 heteroatoms. The molecule has 17 heavy (non-hydrogen) atoms. The summed E-state index contributed by atoms with van der Waals surface area (Å²) in [5, 5.41) is 3.13. The maximum absolute atomic E-state index is 12.2. The Bertz CT molecular complexity index is 298. The fourth-order valence-corrected chi connectivity index (χ4v) is 2.44. The molecule has 0 aliphatic heterocycles. The average Bonchev–Trinajstić information content (AvgIpc) is 2.36. The third kappa shape index (κ3) is 2.99. The minimum absolute atomic E-state index is 0.163. The normalized spacial score (nSPS) is 28.4. The van der Waals surface area contributed by atoms with Gasteiger partial charge in [0.25, 0.3) is 0 Å². The summed E-state index contributed by atoms with van der Waals surface area (Å²) in [7, 11) is 1.63. The number of esters is 1. The highest BCUT2D eigenvalue weighted by atomic mass is 16.5. The van der Waals surface area contributed by atoms with Crippen LogP contribution in [0.25, 0.3) is 0 Å². The first kappa shape index (κ1) is 14.0. The molecular weight excluding hydrogens is 218 g/mol. The number of methoxy groups -OCH3 is 1. The van der Waals surface area contributed by atoms with E-state index in [4.69, 9.17) is 15.9 Å². The molecule has 0 aromatic heterocycles. The zero-order valence-electron chi connectivity index (χ0n) is 10.6. The van der Waals surface area contributed by atoms with Crippen LogP contribution < -0.4 is 5.32 Å². The van der Waals surface area contributed by atoms with Gasteiger partial charge in [-0.05, 0) is 19.8 Å². The fourth-order valence-electron chi connectivity index (χ4n) is 2.44. The molecular formula is C13H21NO3. The fraction of sp³-hybridized carbons (Fsp3) is 0.769. The molecule has 96 valence electrons. The molecule has 0 radical (unpaired) electrons. The maximum atomic E-state index is 12.2. The first-order chi connectivity index (χ1) is 8.21. The zero-order valence-corrected chi connectivity index (χ0v) is 10.6. The predicted molar refractivity (Wildman–Crippen MR) is 65.5 cm³/mol. The van der Waals surface area contributed by atoms with Crippen LogP contribution >= 0.6 is 0 Å². The van der Waals surface area contributed by atoms with Gasteiger partial charge in [0.05, 0.1) is 19.3 Å². The van der Waals surface area contributed by atoms with Gasteiger partial charge in [-0.1, -0.05) is 18.8 Å². The molecule has 1 rings (SSSR count). The Kier molecular flexibility index (Phi) is 5.46. The van der Waals surface area contributed by atoms with Crippen molar-refractivity contribution in [2.24, 2.45) is 0 Å². The van der Waals surface area contributed by atoms with Gasteiger partial charge in [-0.2, -0.15) is 0 Å². The van der Waals surface area contributed by atoms with Crippen molar-refractivity contribution in [3.05, 3.63) is 0 Å². The Morgan fingerprint density at radius 3 is 2.94 bits per heavy atom. The van der Waals surface area contributed by atoms with Crippen LogP contribution in [0.5, 0.6) is 0 Å². The highest BCUT2D eigenvalue weighted by molar-refractivity contribution is 5.82. The first-order valence-corrected chi connectivity index (χ1v) is 6.09. The van der Waals surface area contributed by atoms with Gasteiger partial charge in [0, 0.05) is 7.11 Å². The lowest BCUT2D eigenvalue weighted by Gasteiger charge is -2.41. The highest BCUT2D eigenvalue weighted by Crippen LogP contribution is 2.31. The van der Waals surface area contributed by atoms with Crippen molar-refractivity contribution in [3.8, 4) is 12.3 Å². The van der Waals surface area contributed by atoms with Gasteiger partial charge in [0.1, 0.15) is 5.54 Å². The Hall–Kier alpha value is -1.05. The van der Waals surface area contributed by atoms with Crippen molar-refractivity contribution in [3.63, 3.8) is 0 Å². The van der Waals surface area contributed by atoms with Crippen molar-refractivity contribution in [1.29, 1.82) is 0 Å². The van der Waals surface area contributed by atoms with E-state index in [1.807, 2.05) is 0 Å². The van der Waals surface area contributed by atoms with Gasteiger partial charge in [-0.25, -0.2) is 4.79 Å². The van der Waals surface area contributed by atoms with Gasteiger partial charge < -0.3 is 9.47 Å². The van der Waals surface area contributed by atoms with Crippen LogP contribution in [0.4, 0.5) is 0 Å². The smallest absolute Gasteiger partial charge is 0.329 e. The van der Waals surface area contributed by atoms with Crippen molar-refractivity contribution in [2.45, 2.75) is 44.2 Å². The molecule has 0 aromatic carbocycles. The number of ether oxygens (including phenoxy) is 2. The van der Waals surface area contributed by atoms with Crippen LogP contribution in [0.3, 0.4) is 0 Å². The predicted octanol–water partition coefficient (Wildman–Crippen LogP) is 1.10. The first-order valence-electron chi connectivity index (χ1n) is 6.09. The molecule has 1 aliphatic carbocycles. The zero-order chi connectivity index (χ0) is 12.7. The molecule has 2 unspecified atom stereocenters. The molecule has 0 aromatic rings. The standard InChI is InChI=1S/C13H21NO3/c1-4-10-14-13(12(15)17-5-2)9-7-6-8-11(13)16-3/h1,11,14H,5-10H2,2-3H3. The SMILES string of the molecule is C#CCNC1(C(=O)OCC)CCCCC1OC. The largest absolute Gasteiger partial charge is 0.465 e. The summed E-state index contributed by atoms with van der Waals surface area (Å²) in [5.74, 6) is 2.26. The molecule has 1 fully saturated rings. The average molecular weight is 239 g/mol. The van der Waals surface area contributed by atoms with Crippen molar-refractivity contribution in [2.75, 3.05) is 20.3 Å². The Labute approximate surface area is 103 Å². The second-order valence-electron chi connectivity index (χ2n) is 4.22. The third-order valence-corrected chi connectivity index (χ3v) is 3.27. The summed E-state index contributed by atoms with van der Waals surface area (Å²) in [6.07, 6.45) is 8.71. The molecule has 0 heterocycles. The van der Waals surface area contributed by atoms with Crippen LogP contribution in [0.1, 0.15) is 32.6 Å². The lowest BCUT2D eigenvalue weighted by molar-refractivity contribution is -0.160. The monoisotopic (exact) mass is 239 g/mol. The summed E-state index contributed by atoms with van der Waals surface area (Å²) in [5.41, 5.74) is -0.768. The van der Waals surface area contributed by atoms with Gasteiger partial charge in [-0.3, -0.25) is 5.32 Å². The van der Waals surface area contributed by atoms with E-state index in [0.717, 1.165) is 19.3 Å². The molecule has 1 saturated carbocycles. The molecule has 0 spiro atoms. The van der Waals surface area contributed by atoms with Gasteiger partial charge in [0.15, 0.2) is 0 Å². The lowest BCUT2D eigenvalue weighted by atomic mass is 9.79. The number of hydrogen-bond acceptors (Lipinski definition) is 4.